The molecule has 0 amide bonds. The van der Waals surface area contributed by atoms with E-state index in [-0.39, 0.29) is 12.1 Å². The molecule has 70 valence electrons. The van der Waals surface area contributed by atoms with Crippen molar-refractivity contribution in [3.05, 3.63) is 0 Å². The summed E-state index contributed by atoms with van der Waals surface area (Å²) in [6, 6.07) is 0. The van der Waals surface area contributed by atoms with Crippen molar-refractivity contribution in [2.75, 3.05) is 13.2 Å². The monoisotopic (exact) mass is 172 g/mol. The number of esters is 1. The summed E-state index contributed by atoms with van der Waals surface area (Å²) in [6.45, 7) is 3.22. The quantitative estimate of drug-likeness (QED) is 0.603. The van der Waals surface area contributed by atoms with E-state index in [2.05, 4.69) is 0 Å². The first-order valence-electron chi connectivity index (χ1n) is 4.60. The van der Waals surface area contributed by atoms with Crippen molar-refractivity contribution in [2.45, 2.75) is 38.7 Å². The molecule has 0 N–H and O–H groups in total. The lowest BCUT2D eigenvalue weighted by Crippen LogP contribution is -2.17. The molecule has 0 aromatic rings. The Balaban J connectivity index is 2.03. The van der Waals surface area contributed by atoms with Crippen LogP contribution in [0, 0.1) is 0 Å². The highest BCUT2D eigenvalue weighted by molar-refractivity contribution is 5.69. The molecule has 1 aliphatic heterocycles. The van der Waals surface area contributed by atoms with Crippen molar-refractivity contribution in [1.82, 2.24) is 0 Å². The van der Waals surface area contributed by atoms with Crippen LogP contribution in [0.15, 0.2) is 0 Å². The molecule has 0 aromatic heterocycles. The van der Waals surface area contributed by atoms with Gasteiger partial charge in [0.15, 0.2) is 0 Å². The molecule has 3 heteroatoms. The van der Waals surface area contributed by atoms with E-state index in [1.165, 1.54) is 0 Å². The van der Waals surface area contributed by atoms with Gasteiger partial charge in [0.05, 0.1) is 6.10 Å². The first-order valence-corrected chi connectivity index (χ1v) is 4.60. The summed E-state index contributed by atoms with van der Waals surface area (Å²) >= 11 is 0. The smallest absolute Gasteiger partial charge is 0.305 e. The van der Waals surface area contributed by atoms with Gasteiger partial charge in [-0.25, -0.2) is 0 Å². The van der Waals surface area contributed by atoms with Gasteiger partial charge in [-0.2, -0.15) is 0 Å². The Morgan fingerprint density at radius 3 is 3.08 bits per heavy atom. The van der Waals surface area contributed by atoms with Gasteiger partial charge < -0.3 is 9.47 Å². The summed E-state index contributed by atoms with van der Waals surface area (Å²) in [5.41, 5.74) is 0. The Morgan fingerprint density at radius 2 is 2.50 bits per heavy atom. The normalized spacial score (nSPS) is 22.6. The van der Waals surface area contributed by atoms with Crippen LogP contribution in [0.1, 0.15) is 32.6 Å². The predicted molar refractivity (Wildman–Crippen MR) is 44.8 cm³/mol. The summed E-state index contributed by atoms with van der Waals surface area (Å²) in [5, 5.41) is 0. The molecule has 0 radical (unpaired) electrons. The standard InChI is InChI=1S/C9H16O3/c1-2-4-9(10)12-7-8-5-3-6-11-8/h8H,2-7H2,1H3. The van der Waals surface area contributed by atoms with Crippen LogP contribution in [0.2, 0.25) is 0 Å². The minimum atomic E-state index is -0.104. The highest BCUT2D eigenvalue weighted by Gasteiger charge is 2.16. The second kappa shape index (κ2) is 5.14. The summed E-state index contributed by atoms with van der Waals surface area (Å²) in [5.74, 6) is -0.104. The van der Waals surface area contributed by atoms with Crippen molar-refractivity contribution in [2.24, 2.45) is 0 Å². The Kier molecular flexibility index (Phi) is 4.08. The molecule has 0 aromatic carbocycles. The van der Waals surface area contributed by atoms with Crippen molar-refractivity contribution in [3.8, 4) is 0 Å². The van der Waals surface area contributed by atoms with E-state index < -0.39 is 0 Å². The molecular formula is C9H16O3. The molecule has 1 heterocycles. The molecule has 0 saturated carbocycles. The van der Waals surface area contributed by atoms with Gasteiger partial charge in [-0.3, -0.25) is 4.79 Å². The fraction of sp³-hybridized carbons (Fsp3) is 0.889. The van der Waals surface area contributed by atoms with Crippen LogP contribution in [0.3, 0.4) is 0 Å². The van der Waals surface area contributed by atoms with E-state index >= 15 is 0 Å². The zero-order valence-electron chi connectivity index (χ0n) is 7.54. The summed E-state index contributed by atoms with van der Waals surface area (Å²) in [4.78, 5) is 10.9. The average Bonchev–Trinajstić information content (AvgIpc) is 2.53. The summed E-state index contributed by atoms with van der Waals surface area (Å²) < 4.78 is 10.3. The van der Waals surface area contributed by atoms with E-state index in [1.807, 2.05) is 6.92 Å². The van der Waals surface area contributed by atoms with E-state index in [1.54, 1.807) is 0 Å². The fourth-order valence-corrected chi connectivity index (χ4v) is 1.24. The molecule has 1 saturated heterocycles. The minimum absolute atomic E-state index is 0.104. The van der Waals surface area contributed by atoms with Gasteiger partial charge in [0.2, 0.25) is 0 Å². The SMILES string of the molecule is CCCC(=O)OCC1CCCO1. The van der Waals surface area contributed by atoms with Crippen molar-refractivity contribution >= 4 is 5.97 Å². The van der Waals surface area contributed by atoms with E-state index in [0.717, 1.165) is 25.9 Å². The molecule has 1 aliphatic rings. The molecule has 0 aliphatic carbocycles. The Hall–Kier alpha value is -0.570. The van der Waals surface area contributed by atoms with Crippen LogP contribution in [0.5, 0.6) is 0 Å². The molecule has 0 bridgehead atoms. The van der Waals surface area contributed by atoms with Gasteiger partial charge in [0, 0.05) is 13.0 Å². The Labute approximate surface area is 73.0 Å². The van der Waals surface area contributed by atoms with Gasteiger partial charge >= 0.3 is 5.97 Å². The summed E-state index contributed by atoms with van der Waals surface area (Å²) in [7, 11) is 0. The minimum Gasteiger partial charge on any atom is -0.463 e. The third-order valence-electron chi connectivity index (χ3n) is 1.91. The number of hydrogen-bond donors (Lipinski definition) is 0. The van der Waals surface area contributed by atoms with Crippen LogP contribution in [0.4, 0.5) is 0 Å². The molecule has 1 fully saturated rings. The maximum atomic E-state index is 10.9. The molecule has 0 spiro atoms. The number of carbonyl (C=O) groups excluding carboxylic acids is 1. The Bertz CT molecular complexity index is 139. The highest BCUT2D eigenvalue weighted by Crippen LogP contribution is 2.12. The van der Waals surface area contributed by atoms with Crippen molar-refractivity contribution in [3.63, 3.8) is 0 Å². The molecule has 3 nitrogen and oxygen atoms in total. The molecule has 1 unspecified atom stereocenters. The fourth-order valence-electron chi connectivity index (χ4n) is 1.24. The lowest BCUT2D eigenvalue weighted by Gasteiger charge is -2.09. The van der Waals surface area contributed by atoms with Gasteiger partial charge in [-0.05, 0) is 19.3 Å². The molecule has 1 rings (SSSR count). The van der Waals surface area contributed by atoms with E-state index in [9.17, 15) is 4.79 Å². The van der Waals surface area contributed by atoms with Crippen molar-refractivity contribution in [1.29, 1.82) is 0 Å². The largest absolute Gasteiger partial charge is 0.463 e. The lowest BCUT2D eigenvalue weighted by atomic mass is 10.2. The van der Waals surface area contributed by atoms with Crippen LogP contribution < -0.4 is 0 Å². The van der Waals surface area contributed by atoms with Gasteiger partial charge in [0.25, 0.3) is 0 Å². The van der Waals surface area contributed by atoms with E-state index in [0.29, 0.717) is 13.0 Å². The first-order chi connectivity index (χ1) is 5.83. The second-order valence-corrected chi connectivity index (χ2v) is 3.07. The van der Waals surface area contributed by atoms with Gasteiger partial charge in [0.1, 0.15) is 6.61 Å². The number of hydrogen-bond acceptors (Lipinski definition) is 3. The maximum absolute atomic E-state index is 10.9. The first kappa shape index (κ1) is 9.52. The number of carbonyl (C=O) groups is 1. The molecule has 1 atom stereocenters. The molecular weight excluding hydrogens is 156 g/mol. The average molecular weight is 172 g/mol. The Morgan fingerprint density at radius 1 is 1.67 bits per heavy atom. The lowest BCUT2D eigenvalue weighted by molar-refractivity contribution is -0.146. The number of rotatable bonds is 4. The third-order valence-corrected chi connectivity index (χ3v) is 1.91. The van der Waals surface area contributed by atoms with E-state index in [4.69, 9.17) is 9.47 Å². The topological polar surface area (TPSA) is 35.5 Å². The third kappa shape index (κ3) is 3.22. The number of ether oxygens (including phenoxy) is 2. The van der Waals surface area contributed by atoms with Crippen LogP contribution in [-0.2, 0) is 14.3 Å². The zero-order chi connectivity index (χ0) is 8.81. The van der Waals surface area contributed by atoms with Crippen LogP contribution in [0.25, 0.3) is 0 Å². The van der Waals surface area contributed by atoms with Crippen molar-refractivity contribution < 1.29 is 14.3 Å². The van der Waals surface area contributed by atoms with Crippen LogP contribution >= 0.6 is 0 Å². The second-order valence-electron chi connectivity index (χ2n) is 3.07. The van der Waals surface area contributed by atoms with Crippen LogP contribution in [-0.4, -0.2) is 25.3 Å². The predicted octanol–water partition coefficient (Wildman–Crippen LogP) is 1.51. The van der Waals surface area contributed by atoms with Gasteiger partial charge in [-0.1, -0.05) is 6.92 Å². The summed E-state index contributed by atoms with van der Waals surface area (Å²) in [6.07, 6.45) is 3.65. The van der Waals surface area contributed by atoms with Gasteiger partial charge in [-0.15, -0.1) is 0 Å². The zero-order valence-corrected chi connectivity index (χ0v) is 7.54. The maximum Gasteiger partial charge on any atom is 0.305 e. The molecule has 12 heavy (non-hydrogen) atoms. The highest BCUT2D eigenvalue weighted by atomic mass is 16.6.